The SMILES string of the molecule is CCCc1ccc(/C(Cl)=C/C=[N+](C)C)cc1.[O-][Cl+3]([O-])([O-])[O-]. The molecule has 0 saturated heterocycles. The zero-order valence-corrected chi connectivity index (χ0v) is 13.7. The van der Waals surface area contributed by atoms with Gasteiger partial charge < -0.3 is 0 Å². The van der Waals surface area contributed by atoms with Crippen molar-refractivity contribution in [3.63, 3.8) is 0 Å². The molecule has 0 unspecified atom stereocenters. The van der Waals surface area contributed by atoms with Gasteiger partial charge in [0.05, 0.1) is 5.03 Å². The van der Waals surface area contributed by atoms with Crippen LogP contribution in [0.5, 0.6) is 0 Å². The van der Waals surface area contributed by atoms with Crippen LogP contribution in [0, 0.1) is 10.2 Å². The Balaban J connectivity index is 0.000000690. The molecule has 1 aromatic carbocycles. The fraction of sp³-hybridized carbons (Fsp3) is 0.357. The second kappa shape index (κ2) is 9.89. The van der Waals surface area contributed by atoms with Gasteiger partial charge in [-0.2, -0.15) is 0 Å². The Bertz CT molecular complexity index is 469. The summed E-state index contributed by atoms with van der Waals surface area (Å²) in [4.78, 5) is 0. The summed E-state index contributed by atoms with van der Waals surface area (Å²) in [5.74, 6) is 0. The molecular weight excluding hydrogens is 317 g/mol. The van der Waals surface area contributed by atoms with Crippen LogP contribution in [0.2, 0.25) is 0 Å². The van der Waals surface area contributed by atoms with E-state index in [2.05, 4.69) is 31.2 Å². The molecule has 0 atom stereocenters. The minimum Gasteiger partial charge on any atom is -0.241 e. The Morgan fingerprint density at radius 3 is 2.00 bits per heavy atom. The minimum atomic E-state index is -4.94. The van der Waals surface area contributed by atoms with Crippen molar-refractivity contribution < 1.29 is 33.5 Å². The molecule has 0 radical (unpaired) electrons. The quantitative estimate of drug-likeness (QED) is 0.510. The third kappa shape index (κ3) is 12.5. The van der Waals surface area contributed by atoms with E-state index in [1.807, 2.05) is 31.0 Å². The average Bonchev–Trinajstić information content (AvgIpc) is 2.35. The molecule has 1 rings (SSSR count). The number of allylic oxidation sites excluding steroid dienone is 1. The molecule has 118 valence electrons. The van der Waals surface area contributed by atoms with Crippen LogP contribution in [0.3, 0.4) is 0 Å². The maximum atomic E-state index is 8.49. The Morgan fingerprint density at radius 2 is 1.62 bits per heavy atom. The van der Waals surface area contributed by atoms with Gasteiger partial charge in [-0.25, -0.2) is 23.2 Å². The largest absolute Gasteiger partial charge is 0.241 e. The van der Waals surface area contributed by atoms with Gasteiger partial charge in [-0.1, -0.05) is 49.2 Å². The third-order valence-electron chi connectivity index (χ3n) is 2.29. The van der Waals surface area contributed by atoms with Gasteiger partial charge >= 0.3 is 0 Å². The molecule has 0 spiro atoms. The minimum absolute atomic E-state index is 0.775. The van der Waals surface area contributed by atoms with Gasteiger partial charge in [0, 0.05) is 6.08 Å². The Morgan fingerprint density at radius 1 is 1.14 bits per heavy atom. The van der Waals surface area contributed by atoms with Crippen molar-refractivity contribution in [3.8, 4) is 0 Å². The maximum absolute atomic E-state index is 8.49. The van der Waals surface area contributed by atoms with Crippen LogP contribution in [-0.2, 0) is 6.42 Å². The Labute approximate surface area is 132 Å². The summed E-state index contributed by atoms with van der Waals surface area (Å²) in [6.45, 7) is 2.19. The lowest BCUT2D eigenvalue weighted by atomic mass is 10.1. The van der Waals surface area contributed by atoms with Crippen LogP contribution < -0.4 is 18.6 Å². The van der Waals surface area contributed by atoms with E-state index in [1.54, 1.807) is 0 Å². The lowest BCUT2D eigenvalue weighted by Crippen LogP contribution is -2.68. The number of benzene rings is 1. The molecular formula is C14H19Cl2NO4. The smallest absolute Gasteiger partial charge is 0.164 e. The highest BCUT2D eigenvalue weighted by Crippen LogP contribution is 2.18. The van der Waals surface area contributed by atoms with Crippen LogP contribution in [0.1, 0.15) is 24.5 Å². The van der Waals surface area contributed by atoms with E-state index < -0.39 is 10.2 Å². The monoisotopic (exact) mass is 335 g/mol. The molecule has 7 heteroatoms. The third-order valence-corrected chi connectivity index (χ3v) is 2.63. The van der Waals surface area contributed by atoms with Gasteiger partial charge in [0.2, 0.25) is 0 Å². The molecule has 0 aromatic heterocycles. The Kier molecular flexibility index (Phi) is 9.44. The van der Waals surface area contributed by atoms with E-state index in [0.717, 1.165) is 17.0 Å². The normalized spacial score (nSPS) is 11.5. The van der Waals surface area contributed by atoms with E-state index in [9.17, 15) is 0 Å². The fourth-order valence-electron chi connectivity index (χ4n) is 1.43. The van der Waals surface area contributed by atoms with Crippen LogP contribution in [-0.4, -0.2) is 24.9 Å². The van der Waals surface area contributed by atoms with Crippen LogP contribution >= 0.6 is 11.6 Å². The molecule has 0 amide bonds. The predicted octanol–water partition coefficient (Wildman–Crippen LogP) is -1.19. The molecule has 0 N–H and O–H groups in total. The van der Waals surface area contributed by atoms with Crippen molar-refractivity contribution in [1.82, 2.24) is 0 Å². The zero-order chi connectivity index (χ0) is 16.5. The summed E-state index contributed by atoms with van der Waals surface area (Å²) in [7, 11) is -0.990. The number of nitrogens with zero attached hydrogens (tertiary/aromatic N) is 1. The molecule has 0 aliphatic heterocycles. The highest BCUT2D eigenvalue weighted by Gasteiger charge is 1.98. The molecule has 0 heterocycles. The molecule has 0 aliphatic rings. The van der Waals surface area contributed by atoms with Crippen LogP contribution in [0.25, 0.3) is 5.03 Å². The first-order valence-corrected chi connectivity index (χ1v) is 7.83. The number of hydrogen-bond acceptors (Lipinski definition) is 4. The van der Waals surface area contributed by atoms with Crippen molar-refractivity contribution in [1.29, 1.82) is 0 Å². The number of hydrogen-bond donors (Lipinski definition) is 0. The van der Waals surface area contributed by atoms with Gasteiger partial charge in [-0.15, -0.1) is 10.2 Å². The van der Waals surface area contributed by atoms with Crippen LogP contribution in [0.4, 0.5) is 0 Å². The predicted molar refractivity (Wildman–Crippen MR) is 72.4 cm³/mol. The molecule has 21 heavy (non-hydrogen) atoms. The summed E-state index contributed by atoms with van der Waals surface area (Å²) in [5.41, 5.74) is 2.44. The number of rotatable bonds is 4. The second-order valence-corrected chi connectivity index (χ2v) is 5.62. The fourth-order valence-corrected chi connectivity index (χ4v) is 1.61. The summed E-state index contributed by atoms with van der Waals surface area (Å²) in [6.07, 6.45) is 6.17. The van der Waals surface area contributed by atoms with Crippen LogP contribution in [0.15, 0.2) is 30.3 Å². The molecule has 1 aromatic rings. The highest BCUT2D eigenvalue weighted by atomic mass is 35.7. The average molecular weight is 336 g/mol. The topological polar surface area (TPSA) is 95.2 Å². The molecule has 0 saturated carbocycles. The highest BCUT2D eigenvalue weighted by molar-refractivity contribution is 6.49. The van der Waals surface area contributed by atoms with Crippen molar-refractivity contribution in [2.75, 3.05) is 14.1 Å². The Hall–Kier alpha value is -0.950. The number of halogens is 2. The van der Waals surface area contributed by atoms with Gasteiger partial charge in [-0.3, -0.25) is 0 Å². The van der Waals surface area contributed by atoms with Gasteiger partial charge in [0.1, 0.15) is 14.1 Å². The summed E-state index contributed by atoms with van der Waals surface area (Å²) >= 11 is 6.18. The summed E-state index contributed by atoms with van der Waals surface area (Å²) in [6, 6.07) is 8.44. The van der Waals surface area contributed by atoms with Gasteiger partial charge in [0.15, 0.2) is 6.21 Å². The van der Waals surface area contributed by atoms with Crippen molar-refractivity contribution in [3.05, 3.63) is 41.5 Å². The van der Waals surface area contributed by atoms with Crippen molar-refractivity contribution in [2.24, 2.45) is 0 Å². The summed E-state index contributed by atoms with van der Waals surface area (Å²) in [5, 5.41) is 0.775. The summed E-state index contributed by atoms with van der Waals surface area (Å²) < 4.78 is 35.9. The molecule has 0 bridgehead atoms. The number of aryl methyl sites for hydroxylation is 1. The standard InChI is InChI=1S/C14H19ClN.ClHO4/c1-4-5-12-6-8-13(9-7-12)14(15)10-11-16(2)3;2-1(3,4)5/h6-11H,4-5H2,1-3H3;(H,2,3,4,5)/q+1;/p-1/b14-10-;. The van der Waals surface area contributed by atoms with Crippen molar-refractivity contribution >= 4 is 22.8 Å². The first-order chi connectivity index (χ1) is 9.63. The van der Waals surface area contributed by atoms with Crippen molar-refractivity contribution in [2.45, 2.75) is 19.8 Å². The van der Waals surface area contributed by atoms with E-state index in [-0.39, 0.29) is 0 Å². The lowest BCUT2D eigenvalue weighted by molar-refractivity contribution is -2.00. The first-order valence-electron chi connectivity index (χ1n) is 6.21. The first kappa shape index (κ1) is 20.1. The van der Waals surface area contributed by atoms with E-state index in [4.69, 9.17) is 30.2 Å². The molecule has 0 aliphatic carbocycles. The molecule has 0 fully saturated rings. The maximum Gasteiger partial charge on any atom is 0.164 e. The van der Waals surface area contributed by atoms with E-state index in [0.29, 0.717) is 0 Å². The molecule has 5 nitrogen and oxygen atoms in total. The second-order valence-electron chi connectivity index (χ2n) is 4.45. The van der Waals surface area contributed by atoms with E-state index in [1.165, 1.54) is 12.0 Å². The van der Waals surface area contributed by atoms with Gasteiger partial charge in [-0.05, 0) is 17.5 Å². The van der Waals surface area contributed by atoms with Gasteiger partial charge in [0.25, 0.3) is 0 Å². The zero-order valence-electron chi connectivity index (χ0n) is 12.2. The van der Waals surface area contributed by atoms with E-state index >= 15 is 0 Å². The lowest BCUT2D eigenvalue weighted by Gasteiger charge is -2.17.